The van der Waals surface area contributed by atoms with Gasteiger partial charge in [0.2, 0.25) is 0 Å². The van der Waals surface area contributed by atoms with Crippen LogP contribution in [-0.4, -0.2) is 0 Å². The predicted octanol–water partition coefficient (Wildman–Crippen LogP) is 1.16. The van der Waals surface area contributed by atoms with Gasteiger partial charge < -0.3 is 10.5 Å². The Kier molecular flexibility index (Phi) is 772. The molecule has 0 aliphatic heterocycles. The summed E-state index contributed by atoms with van der Waals surface area (Å²) in [5.74, 6) is 0. The fourth-order valence-electron chi connectivity index (χ4n) is 0. The Morgan fingerprint density at radius 1 is 0.467 bits per heavy atom. The van der Waals surface area contributed by atoms with Gasteiger partial charge in [-0.25, -0.2) is 31.6 Å². The van der Waals surface area contributed by atoms with E-state index in [1.54, 1.807) is 0 Å². The maximum absolute atomic E-state index is 7.25. The smallest absolute Gasteiger partial charge is 0.0462 e. The molecule has 80 valence electrons. The van der Waals surface area contributed by atoms with Crippen molar-refractivity contribution in [3.63, 3.8) is 0 Å². The number of hydrogen-bond donors (Lipinski definition) is 0. The van der Waals surface area contributed by atoms with Crippen molar-refractivity contribution in [1.82, 2.24) is 0 Å². The molecule has 0 aliphatic carbocycles. The van der Waals surface area contributed by atoms with Crippen LogP contribution < -0.4 is 0 Å². The second kappa shape index (κ2) is 129. The second-order valence-corrected chi connectivity index (χ2v) is 0. The Morgan fingerprint density at radius 2 is 0.467 bits per heavy atom. The van der Waals surface area contributed by atoms with Gasteiger partial charge in [-0.05, 0) is 0 Å². The zero-order valence-corrected chi connectivity index (χ0v) is 8.46. The summed E-state index contributed by atoms with van der Waals surface area (Å²) >= 11 is 0. The van der Waals surface area contributed by atoms with E-state index in [9.17, 15) is 0 Å². The molecule has 0 amide bonds. The first-order chi connectivity index (χ1) is 7.00. The van der Waals surface area contributed by atoms with E-state index in [1.165, 1.54) is 0 Å². The van der Waals surface area contributed by atoms with Gasteiger partial charge in [0, 0.05) is 56.5 Å². The molecule has 15 heavy (non-hydrogen) atoms. The van der Waals surface area contributed by atoms with Crippen LogP contribution in [0.1, 0.15) is 0 Å². The van der Waals surface area contributed by atoms with E-state index in [0.717, 1.165) is 0 Å². The van der Waals surface area contributed by atoms with Crippen LogP contribution in [0.4, 0.5) is 0 Å². The van der Waals surface area contributed by atoms with Gasteiger partial charge in [-0.3, -0.25) is 0 Å². The van der Waals surface area contributed by atoms with E-state index in [-0.39, 0.29) is 17.1 Å². The molecule has 8 nitrogen and oxygen atoms in total. The first-order valence-corrected chi connectivity index (χ1v) is 1.73. The molecule has 0 radical (unpaired) electrons. The maximum atomic E-state index is 7.25. The molecule has 0 heterocycles. The van der Waals surface area contributed by atoms with Crippen LogP contribution in [0.2, 0.25) is 0 Å². The van der Waals surface area contributed by atoms with Gasteiger partial charge in [0.1, 0.15) is 0 Å². The normalized spacial score (nSPS) is 1.07. The monoisotopic (exact) mass is 248 g/mol. The predicted molar refractivity (Wildman–Crippen MR) is 46.7 cm³/mol. The van der Waals surface area contributed by atoms with Crippen LogP contribution in [0.5, 0.6) is 0 Å². The molecular formula is C6H6FeN7O-. The molecule has 0 fully saturated rings. The van der Waals surface area contributed by atoms with E-state index in [0.29, 0.717) is 0 Å². The van der Waals surface area contributed by atoms with Crippen LogP contribution in [0, 0.1) is 75.9 Å². The first kappa shape index (κ1) is 89.5. The van der Waals surface area contributed by atoms with Gasteiger partial charge in [-0.2, -0.15) is 0 Å². The Labute approximate surface area is 99.0 Å². The largest absolute Gasteiger partial charge is 0.577 e. The molecule has 9 heteroatoms. The zero-order valence-electron chi connectivity index (χ0n) is 7.36. The van der Waals surface area contributed by atoms with Crippen molar-refractivity contribution in [3.05, 3.63) is 10.5 Å². The number of nitriles is 6. The zero-order chi connectivity index (χ0) is 14.0. The molecule has 0 aromatic carbocycles. The minimum absolute atomic E-state index is 0. The first-order valence-electron chi connectivity index (χ1n) is 1.73. The SMILES string of the molecule is C#N.C#N.C#N.C#N.C#N.C#N.[Fe].[N-]=O. The Bertz CT molecular complexity index is 110. The van der Waals surface area contributed by atoms with Crippen molar-refractivity contribution in [3.8, 4) is 39.4 Å². The fourth-order valence-corrected chi connectivity index (χ4v) is 0. The topological polar surface area (TPSA) is 182 Å². The Balaban J connectivity index is -0.00000000628. The summed E-state index contributed by atoms with van der Waals surface area (Å²) in [5.41, 5.74) is 5.75. The summed E-state index contributed by atoms with van der Waals surface area (Å²) in [5, 5.41) is 39.0. The number of nitrogens with zero attached hydrogens (tertiary/aromatic N) is 7. The summed E-state index contributed by atoms with van der Waals surface area (Å²) in [6.45, 7) is 21.0. The van der Waals surface area contributed by atoms with Crippen LogP contribution in [0.15, 0.2) is 0 Å². The summed E-state index contributed by atoms with van der Waals surface area (Å²) in [6.07, 6.45) is 0. The minimum Gasteiger partial charge on any atom is -0.577 e. The molecule has 0 aliphatic rings. The van der Waals surface area contributed by atoms with Gasteiger partial charge in [-0.15, -0.1) is 0 Å². The summed E-state index contributed by atoms with van der Waals surface area (Å²) in [4.78, 5) is 7.25. The summed E-state index contributed by atoms with van der Waals surface area (Å²) < 4.78 is 0. The molecule has 0 atom stereocenters. The van der Waals surface area contributed by atoms with Gasteiger partial charge in [-0.1, -0.05) is 0 Å². The summed E-state index contributed by atoms with van der Waals surface area (Å²) in [6, 6.07) is 0. The standard InChI is InChI=1S/6CHN.Fe.NO/c6*1-2;;1-2/h6*1H;;/q;;;;;;;-1. The molecule has 0 bridgehead atoms. The molecule has 0 aromatic heterocycles. The molecule has 0 saturated carbocycles. The number of rotatable bonds is 0. The van der Waals surface area contributed by atoms with Crippen LogP contribution >= 0.6 is 0 Å². The molecule has 0 aromatic rings. The van der Waals surface area contributed by atoms with Gasteiger partial charge in [0.05, 0.1) is 0 Å². The average molecular weight is 248 g/mol. The van der Waals surface area contributed by atoms with Crippen molar-refractivity contribution in [2.24, 2.45) is 0 Å². The van der Waals surface area contributed by atoms with Gasteiger partial charge >= 0.3 is 0 Å². The fraction of sp³-hybridized carbons (Fsp3) is 0. The van der Waals surface area contributed by atoms with Gasteiger partial charge in [0.15, 0.2) is 0 Å². The third-order valence-corrected chi connectivity index (χ3v) is 0. The van der Waals surface area contributed by atoms with Crippen LogP contribution in [0.25, 0.3) is 5.59 Å². The molecule has 0 saturated heterocycles. The average Bonchev–Trinajstić information content (AvgIpc) is 2.45. The van der Waals surface area contributed by atoms with E-state index in [2.05, 4.69) is 39.4 Å². The van der Waals surface area contributed by atoms with Crippen molar-refractivity contribution < 1.29 is 17.1 Å². The number of nitroso groups, excluding NO2 is 1. The van der Waals surface area contributed by atoms with E-state index in [4.69, 9.17) is 42.1 Å². The van der Waals surface area contributed by atoms with Crippen LogP contribution in [-0.2, 0) is 17.1 Å². The Morgan fingerprint density at radius 3 is 0.467 bits per heavy atom. The Hall–Kier alpha value is -2.94. The van der Waals surface area contributed by atoms with E-state index < -0.39 is 0 Å². The molecule has 0 spiro atoms. The molecule has 0 N–H and O–H groups in total. The third kappa shape index (κ3) is 105. The van der Waals surface area contributed by atoms with Crippen molar-refractivity contribution in [2.75, 3.05) is 0 Å². The van der Waals surface area contributed by atoms with E-state index in [1.807, 2.05) is 0 Å². The number of hydrogen-bond acceptors (Lipinski definition) is 7. The molecule has 0 rings (SSSR count). The van der Waals surface area contributed by atoms with Crippen molar-refractivity contribution >= 4 is 0 Å². The van der Waals surface area contributed by atoms with Crippen molar-refractivity contribution in [1.29, 1.82) is 31.6 Å². The quantitative estimate of drug-likeness (QED) is 0.575. The van der Waals surface area contributed by atoms with E-state index >= 15 is 0 Å². The molecular weight excluding hydrogens is 242 g/mol. The van der Waals surface area contributed by atoms with Gasteiger partial charge in [0.25, 0.3) is 0 Å². The molecule has 0 unspecified atom stereocenters. The van der Waals surface area contributed by atoms with Crippen molar-refractivity contribution in [2.45, 2.75) is 0 Å². The minimum atomic E-state index is 0. The third-order valence-electron chi connectivity index (χ3n) is 0. The summed E-state index contributed by atoms with van der Waals surface area (Å²) in [7, 11) is 0. The second-order valence-electron chi connectivity index (χ2n) is 0. The maximum Gasteiger partial charge on any atom is 0.0462 e. The van der Waals surface area contributed by atoms with Crippen LogP contribution in [0.3, 0.4) is 0 Å².